The maximum atomic E-state index is 12.0. The Hall–Kier alpha value is -2.93. The van der Waals surface area contributed by atoms with Gasteiger partial charge in [0.25, 0.3) is 0 Å². The lowest BCUT2D eigenvalue weighted by molar-refractivity contribution is -0.110. The van der Waals surface area contributed by atoms with Crippen LogP contribution in [-0.2, 0) is 10.2 Å². The molecule has 0 saturated heterocycles. The van der Waals surface area contributed by atoms with Gasteiger partial charge in [0.05, 0.1) is 11.3 Å². The molecule has 0 radical (unpaired) electrons. The highest BCUT2D eigenvalue weighted by Crippen LogP contribution is 2.45. The number of aldehydes is 1. The average Bonchev–Trinajstić information content (AvgIpc) is 2.68. The van der Waals surface area contributed by atoms with Crippen LogP contribution in [0.5, 0.6) is 0 Å². The van der Waals surface area contributed by atoms with E-state index >= 15 is 0 Å². The first-order valence-corrected chi connectivity index (χ1v) is 8.08. The molecule has 0 N–H and O–H groups in total. The zero-order chi connectivity index (χ0) is 16.8. The van der Waals surface area contributed by atoms with Crippen LogP contribution in [0.15, 0.2) is 104 Å². The molecular formula is C23H20O. The van der Waals surface area contributed by atoms with Gasteiger partial charge < -0.3 is 4.79 Å². The monoisotopic (exact) mass is 312 g/mol. The summed E-state index contributed by atoms with van der Waals surface area (Å²) in [5.41, 5.74) is 2.66. The van der Waals surface area contributed by atoms with Gasteiger partial charge in [-0.1, -0.05) is 97.1 Å². The average molecular weight is 312 g/mol. The van der Waals surface area contributed by atoms with Crippen molar-refractivity contribution in [3.8, 4) is 0 Å². The molecule has 0 heterocycles. The van der Waals surface area contributed by atoms with E-state index < -0.39 is 5.41 Å². The van der Waals surface area contributed by atoms with Gasteiger partial charge in [0.2, 0.25) is 0 Å². The van der Waals surface area contributed by atoms with Gasteiger partial charge in [-0.25, -0.2) is 0 Å². The van der Waals surface area contributed by atoms with Gasteiger partial charge in [-0.2, -0.15) is 0 Å². The van der Waals surface area contributed by atoms with Gasteiger partial charge in [0, 0.05) is 0 Å². The number of rotatable bonds is 6. The first-order chi connectivity index (χ1) is 11.8. The minimum absolute atomic E-state index is 0.371. The van der Waals surface area contributed by atoms with Gasteiger partial charge >= 0.3 is 0 Å². The van der Waals surface area contributed by atoms with Crippen molar-refractivity contribution >= 4 is 6.29 Å². The maximum Gasteiger partial charge on any atom is 0.128 e. The largest absolute Gasteiger partial charge is 0.303 e. The summed E-state index contributed by atoms with van der Waals surface area (Å²) in [7, 11) is 0. The van der Waals surface area contributed by atoms with Gasteiger partial charge in [-0.15, -0.1) is 6.58 Å². The fraction of sp³-hybridized carbons (Fsp3) is 0.0870. The molecule has 0 amide bonds. The Bertz CT molecular complexity index is 687. The van der Waals surface area contributed by atoms with Crippen LogP contribution in [0.25, 0.3) is 0 Å². The molecule has 0 saturated carbocycles. The summed E-state index contributed by atoms with van der Waals surface area (Å²) in [5.74, 6) is -0.371. The van der Waals surface area contributed by atoms with Crippen molar-refractivity contribution in [1.82, 2.24) is 0 Å². The highest BCUT2D eigenvalue weighted by molar-refractivity contribution is 5.67. The van der Waals surface area contributed by atoms with Crippen molar-refractivity contribution in [3.05, 3.63) is 120 Å². The van der Waals surface area contributed by atoms with Crippen LogP contribution < -0.4 is 0 Å². The molecule has 24 heavy (non-hydrogen) atoms. The van der Waals surface area contributed by atoms with Crippen molar-refractivity contribution in [2.75, 3.05) is 0 Å². The fourth-order valence-electron chi connectivity index (χ4n) is 3.51. The highest BCUT2D eigenvalue weighted by atomic mass is 16.1. The van der Waals surface area contributed by atoms with Gasteiger partial charge in [0.1, 0.15) is 6.29 Å². The molecule has 0 bridgehead atoms. The van der Waals surface area contributed by atoms with Gasteiger partial charge in [0.15, 0.2) is 0 Å². The van der Waals surface area contributed by atoms with E-state index in [2.05, 4.69) is 43.0 Å². The number of allylic oxidation sites excluding steroid dienone is 1. The molecule has 0 aliphatic heterocycles. The number of benzene rings is 3. The van der Waals surface area contributed by atoms with Crippen LogP contribution in [0.2, 0.25) is 0 Å². The fourth-order valence-corrected chi connectivity index (χ4v) is 3.51. The Balaban J connectivity index is 2.41. The number of hydrogen-bond donors (Lipinski definition) is 0. The van der Waals surface area contributed by atoms with Crippen LogP contribution in [0, 0.1) is 5.92 Å². The molecule has 1 heteroatoms. The molecule has 3 aromatic carbocycles. The number of carbonyl (C=O) groups excluding carboxylic acids is 1. The predicted molar refractivity (Wildman–Crippen MR) is 99.0 cm³/mol. The molecular weight excluding hydrogens is 292 g/mol. The summed E-state index contributed by atoms with van der Waals surface area (Å²) in [4.78, 5) is 12.0. The Morgan fingerprint density at radius 2 is 1.00 bits per heavy atom. The molecule has 1 atom stereocenters. The van der Waals surface area contributed by atoms with E-state index in [1.165, 1.54) is 0 Å². The van der Waals surface area contributed by atoms with Crippen molar-refractivity contribution in [1.29, 1.82) is 0 Å². The van der Waals surface area contributed by atoms with Gasteiger partial charge in [-0.3, -0.25) is 0 Å². The van der Waals surface area contributed by atoms with Crippen LogP contribution in [0.4, 0.5) is 0 Å². The van der Waals surface area contributed by atoms with Crippen molar-refractivity contribution in [3.63, 3.8) is 0 Å². The third-order valence-electron chi connectivity index (χ3n) is 4.59. The molecule has 0 aliphatic rings. The first kappa shape index (κ1) is 15.9. The third kappa shape index (κ3) is 2.59. The molecule has 3 aromatic rings. The van der Waals surface area contributed by atoms with Crippen molar-refractivity contribution in [2.45, 2.75) is 5.41 Å². The zero-order valence-electron chi connectivity index (χ0n) is 13.5. The van der Waals surface area contributed by atoms with E-state index in [4.69, 9.17) is 0 Å². The number of carbonyl (C=O) groups is 1. The minimum atomic E-state index is -0.590. The highest BCUT2D eigenvalue weighted by Gasteiger charge is 2.42. The molecule has 118 valence electrons. The van der Waals surface area contributed by atoms with E-state index in [1.54, 1.807) is 6.08 Å². The first-order valence-electron chi connectivity index (χ1n) is 8.08. The molecule has 1 nitrogen and oxygen atoms in total. The Labute approximate surface area is 143 Å². The lowest BCUT2D eigenvalue weighted by atomic mass is 9.62. The normalized spacial score (nSPS) is 12.3. The smallest absolute Gasteiger partial charge is 0.128 e. The summed E-state index contributed by atoms with van der Waals surface area (Å²) >= 11 is 0. The SMILES string of the molecule is C=CC(C=O)C(c1ccccc1)(c1ccccc1)c1ccccc1. The van der Waals surface area contributed by atoms with E-state index in [0.29, 0.717) is 0 Å². The van der Waals surface area contributed by atoms with E-state index in [-0.39, 0.29) is 5.92 Å². The summed E-state index contributed by atoms with van der Waals surface area (Å²) in [6.07, 6.45) is 2.75. The zero-order valence-corrected chi connectivity index (χ0v) is 13.5. The van der Waals surface area contributed by atoms with Crippen molar-refractivity contribution in [2.24, 2.45) is 5.92 Å². The molecule has 3 rings (SSSR count). The maximum absolute atomic E-state index is 12.0. The lowest BCUT2D eigenvalue weighted by Crippen LogP contribution is -2.38. The van der Waals surface area contributed by atoms with E-state index in [9.17, 15) is 4.79 Å². The minimum Gasteiger partial charge on any atom is -0.303 e. The lowest BCUT2D eigenvalue weighted by Gasteiger charge is -2.39. The second-order valence-electron chi connectivity index (χ2n) is 5.80. The molecule has 0 aliphatic carbocycles. The topological polar surface area (TPSA) is 17.1 Å². The van der Waals surface area contributed by atoms with E-state index in [0.717, 1.165) is 23.0 Å². The molecule has 1 unspecified atom stereocenters. The molecule has 0 aromatic heterocycles. The van der Waals surface area contributed by atoms with Crippen LogP contribution in [0.1, 0.15) is 16.7 Å². The van der Waals surface area contributed by atoms with Gasteiger partial charge in [-0.05, 0) is 16.7 Å². The molecule has 0 fully saturated rings. The van der Waals surface area contributed by atoms with E-state index in [1.807, 2.05) is 54.6 Å². The summed E-state index contributed by atoms with van der Waals surface area (Å²) in [6.45, 7) is 3.94. The standard InChI is InChI=1S/C23H20O/c1-2-19(18-24)23(20-12-6-3-7-13-20,21-14-8-4-9-15-21)22-16-10-5-11-17-22/h2-19H,1H2. The quantitative estimate of drug-likeness (QED) is 0.355. The summed E-state index contributed by atoms with van der Waals surface area (Å²) in [5, 5.41) is 0. The second kappa shape index (κ2) is 7.10. The van der Waals surface area contributed by atoms with Crippen LogP contribution in [-0.4, -0.2) is 6.29 Å². The third-order valence-corrected chi connectivity index (χ3v) is 4.59. The van der Waals surface area contributed by atoms with Crippen LogP contribution >= 0.6 is 0 Å². The Morgan fingerprint density at radius 1 is 0.667 bits per heavy atom. The predicted octanol–water partition coefficient (Wildman–Crippen LogP) is 5.02. The Morgan fingerprint density at radius 3 is 1.25 bits per heavy atom. The molecule has 0 spiro atoms. The van der Waals surface area contributed by atoms with Crippen LogP contribution in [0.3, 0.4) is 0 Å². The summed E-state index contributed by atoms with van der Waals surface area (Å²) < 4.78 is 0. The summed E-state index contributed by atoms with van der Waals surface area (Å²) in [6, 6.07) is 30.6. The number of hydrogen-bond acceptors (Lipinski definition) is 1. The Kier molecular flexibility index (Phi) is 4.72. The van der Waals surface area contributed by atoms with Crippen molar-refractivity contribution < 1.29 is 4.79 Å². The second-order valence-corrected chi connectivity index (χ2v) is 5.80.